The number of esters is 2. The van der Waals surface area contributed by atoms with Gasteiger partial charge in [-0.15, -0.1) is 11.3 Å². The van der Waals surface area contributed by atoms with Gasteiger partial charge in [0, 0.05) is 4.88 Å². The van der Waals surface area contributed by atoms with Crippen molar-refractivity contribution >= 4 is 34.2 Å². The van der Waals surface area contributed by atoms with Crippen LogP contribution in [0.15, 0.2) is 18.2 Å². The highest BCUT2D eigenvalue weighted by Crippen LogP contribution is 2.40. The summed E-state index contributed by atoms with van der Waals surface area (Å²) in [4.78, 5) is 38.3. The predicted octanol–water partition coefficient (Wildman–Crippen LogP) is 4.51. The van der Waals surface area contributed by atoms with Crippen LogP contribution in [0.5, 0.6) is 0 Å². The molecule has 2 unspecified atom stereocenters. The van der Waals surface area contributed by atoms with Crippen LogP contribution in [0.3, 0.4) is 0 Å². The Kier molecular flexibility index (Phi) is 7.04. The van der Waals surface area contributed by atoms with Gasteiger partial charge in [-0.3, -0.25) is 4.79 Å². The number of carbonyl (C=O) groups excluding carboxylic acids is 3. The van der Waals surface area contributed by atoms with Gasteiger partial charge in [0.2, 0.25) is 0 Å². The second-order valence-electron chi connectivity index (χ2n) is 7.41. The Bertz CT molecular complexity index is 999. The minimum atomic E-state index is -1.35. The third kappa shape index (κ3) is 4.92. The maximum absolute atomic E-state index is 13.8. The molecule has 0 bridgehead atoms. The Labute approximate surface area is 182 Å². The average Bonchev–Trinajstić information content (AvgIpc) is 3.04. The van der Waals surface area contributed by atoms with E-state index in [0.717, 1.165) is 41.5 Å². The van der Waals surface area contributed by atoms with Gasteiger partial charge < -0.3 is 14.8 Å². The Hall–Kier alpha value is -2.81. The lowest BCUT2D eigenvalue weighted by Gasteiger charge is -2.18. The standard InChI is InChI=1S/C22H23F2NO5S/c1-4-29-21(27)17-13-9-8-11(2)10-16(13)31-20(17)25-19(26)12(3)30-22(28)18-14(23)6-5-7-15(18)24/h5-7,11-12H,4,8-10H2,1-3H3,(H,25,26). The molecule has 0 radical (unpaired) electrons. The van der Waals surface area contributed by atoms with E-state index in [1.165, 1.54) is 18.3 Å². The molecule has 1 aliphatic carbocycles. The molecule has 0 saturated heterocycles. The monoisotopic (exact) mass is 451 g/mol. The Morgan fingerprint density at radius 3 is 2.52 bits per heavy atom. The number of thiophene rings is 1. The number of hydrogen-bond donors (Lipinski definition) is 1. The quantitative estimate of drug-likeness (QED) is 0.654. The van der Waals surface area contributed by atoms with E-state index in [1.807, 2.05) is 0 Å². The fraction of sp³-hybridized carbons (Fsp3) is 0.409. The number of carbonyl (C=O) groups is 3. The van der Waals surface area contributed by atoms with Crippen LogP contribution in [0.1, 0.15) is 58.3 Å². The molecule has 166 valence electrons. The normalized spacial score (nSPS) is 16.2. The fourth-order valence-corrected chi connectivity index (χ4v) is 4.84. The summed E-state index contributed by atoms with van der Waals surface area (Å²) in [6.45, 7) is 5.29. The SMILES string of the molecule is CCOC(=O)c1c(NC(=O)C(C)OC(=O)c2c(F)cccc2F)sc2c1CCC(C)C2. The molecule has 2 atom stereocenters. The van der Waals surface area contributed by atoms with Crippen molar-refractivity contribution < 1.29 is 32.6 Å². The summed E-state index contributed by atoms with van der Waals surface area (Å²) < 4.78 is 37.7. The van der Waals surface area contributed by atoms with Gasteiger partial charge >= 0.3 is 11.9 Å². The molecule has 1 aromatic heterocycles. The number of nitrogens with one attached hydrogen (secondary N) is 1. The predicted molar refractivity (Wildman–Crippen MR) is 111 cm³/mol. The molecule has 9 heteroatoms. The van der Waals surface area contributed by atoms with Crippen molar-refractivity contribution in [3.63, 3.8) is 0 Å². The molecule has 1 aromatic carbocycles. The van der Waals surface area contributed by atoms with Gasteiger partial charge in [0.05, 0.1) is 12.2 Å². The van der Waals surface area contributed by atoms with E-state index in [9.17, 15) is 23.2 Å². The maximum atomic E-state index is 13.8. The van der Waals surface area contributed by atoms with Crippen LogP contribution in [-0.4, -0.2) is 30.6 Å². The van der Waals surface area contributed by atoms with Gasteiger partial charge in [-0.05, 0) is 56.7 Å². The van der Waals surface area contributed by atoms with E-state index in [1.54, 1.807) is 6.92 Å². The van der Waals surface area contributed by atoms with E-state index in [4.69, 9.17) is 9.47 Å². The topological polar surface area (TPSA) is 81.7 Å². The third-order valence-corrected chi connectivity index (χ3v) is 6.22. The molecule has 0 spiro atoms. The number of fused-ring (bicyclic) bond motifs is 1. The molecule has 31 heavy (non-hydrogen) atoms. The first kappa shape index (κ1) is 22.9. The lowest BCUT2D eigenvalue weighted by Crippen LogP contribution is -2.30. The van der Waals surface area contributed by atoms with Crippen molar-refractivity contribution in [3.8, 4) is 0 Å². The van der Waals surface area contributed by atoms with Crippen molar-refractivity contribution in [1.29, 1.82) is 0 Å². The smallest absolute Gasteiger partial charge is 0.344 e. The summed E-state index contributed by atoms with van der Waals surface area (Å²) in [5.74, 6) is -4.24. The summed E-state index contributed by atoms with van der Waals surface area (Å²) in [5.41, 5.74) is 0.325. The highest BCUT2D eigenvalue weighted by Gasteiger charge is 2.31. The van der Waals surface area contributed by atoms with E-state index < -0.39 is 41.1 Å². The largest absolute Gasteiger partial charge is 0.462 e. The van der Waals surface area contributed by atoms with E-state index in [-0.39, 0.29) is 6.61 Å². The Morgan fingerprint density at radius 2 is 1.87 bits per heavy atom. The number of halogens is 2. The van der Waals surface area contributed by atoms with Gasteiger partial charge in [0.15, 0.2) is 6.10 Å². The molecule has 1 heterocycles. The number of amides is 1. The van der Waals surface area contributed by atoms with Crippen LogP contribution in [0.2, 0.25) is 0 Å². The maximum Gasteiger partial charge on any atom is 0.344 e. The van der Waals surface area contributed by atoms with Gasteiger partial charge in [-0.2, -0.15) is 0 Å². The summed E-state index contributed by atoms with van der Waals surface area (Å²) in [6, 6.07) is 2.97. The zero-order valence-electron chi connectivity index (χ0n) is 17.4. The van der Waals surface area contributed by atoms with E-state index >= 15 is 0 Å². The molecule has 6 nitrogen and oxygen atoms in total. The zero-order valence-corrected chi connectivity index (χ0v) is 18.2. The number of rotatable bonds is 6. The number of ether oxygens (including phenoxy) is 2. The molecular formula is C22H23F2NO5S. The second kappa shape index (κ2) is 9.55. The molecule has 2 aromatic rings. The first-order valence-electron chi connectivity index (χ1n) is 10.00. The first-order valence-corrected chi connectivity index (χ1v) is 10.8. The average molecular weight is 451 g/mol. The van der Waals surface area contributed by atoms with Crippen molar-refractivity contribution in [2.75, 3.05) is 11.9 Å². The second-order valence-corrected chi connectivity index (χ2v) is 8.51. The lowest BCUT2D eigenvalue weighted by molar-refractivity contribution is -0.123. The van der Waals surface area contributed by atoms with Crippen molar-refractivity contribution in [2.45, 2.75) is 46.1 Å². The van der Waals surface area contributed by atoms with Gasteiger partial charge in [0.25, 0.3) is 5.91 Å². The highest BCUT2D eigenvalue weighted by atomic mass is 32.1. The summed E-state index contributed by atoms with van der Waals surface area (Å²) in [7, 11) is 0. The Balaban J connectivity index is 1.79. The van der Waals surface area contributed by atoms with Gasteiger partial charge in [-0.1, -0.05) is 13.0 Å². The van der Waals surface area contributed by atoms with Crippen LogP contribution >= 0.6 is 11.3 Å². The summed E-state index contributed by atoms with van der Waals surface area (Å²) in [6.07, 6.45) is 1.07. The highest BCUT2D eigenvalue weighted by molar-refractivity contribution is 7.17. The minimum absolute atomic E-state index is 0.190. The van der Waals surface area contributed by atoms with E-state index in [2.05, 4.69) is 12.2 Å². The lowest BCUT2D eigenvalue weighted by atomic mass is 9.88. The molecule has 1 N–H and O–H groups in total. The van der Waals surface area contributed by atoms with Gasteiger partial charge in [-0.25, -0.2) is 18.4 Å². The van der Waals surface area contributed by atoms with Crippen LogP contribution in [-0.2, 0) is 27.1 Å². The minimum Gasteiger partial charge on any atom is -0.462 e. The molecule has 0 saturated carbocycles. The molecule has 0 fully saturated rings. The molecule has 0 aliphatic heterocycles. The van der Waals surface area contributed by atoms with Crippen molar-refractivity contribution in [2.24, 2.45) is 5.92 Å². The van der Waals surface area contributed by atoms with Crippen LogP contribution in [0, 0.1) is 17.6 Å². The van der Waals surface area contributed by atoms with Crippen molar-refractivity contribution in [3.05, 3.63) is 51.4 Å². The molecule has 1 amide bonds. The number of hydrogen-bond acceptors (Lipinski definition) is 6. The molecule has 1 aliphatic rings. The van der Waals surface area contributed by atoms with Crippen molar-refractivity contribution in [1.82, 2.24) is 0 Å². The Morgan fingerprint density at radius 1 is 1.19 bits per heavy atom. The van der Waals surface area contributed by atoms with Gasteiger partial charge in [0.1, 0.15) is 22.2 Å². The zero-order chi connectivity index (χ0) is 22.7. The number of anilines is 1. The fourth-order valence-electron chi connectivity index (χ4n) is 3.44. The third-order valence-electron chi connectivity index (χ3n) is 5.05. The van der Waals surface area contributed by atoms with Crippen LogP contribution in [0.25, 0.3) is 0 Å². The van der Waals surface area contributed by atoms with E-state index in [0.29, 0.717) is 22.9 Å². The number of benzene rings is 1. The molecular weight excluding hydrogens is 428 g/mol. The summed E-state index contributed by atoms with van der Waals surface area (Å²) >= 11 is 1.29. The first-order chi connectivity index (χ1) is 14.7. The van der Waals surface area contributed by atoms with Crippen LogP contribution in [0.4, 0.5) is 13.8 Å². The summed E-state index contributed by atoms with van der Waals surface area (Å²) in [5, 5.41) is 2.94. The molecule has 3 rings (SSSR count). The van der Waals surface area contributed by atoms with Crippen LogP contribution < -0.4 is 5.32 Å².